The highest BCUT2D eigenvalue weighted by Gasteiger charge is 2.47. The summed E-state index contributed by atoms with van der Waals surface area (Å²) >= 11 is 0. The van der Waals surface area contributed by atoms with E-state index in [1.807, 2.05) is 9.80 Å². The Labute approximate surface area is 162 Å². The maximum absolute atomic E-state index is 12.5. The van der Waals surface area contributed by atoms with Crippen LogP contribution in [0.1, 0.15) is 39.5 Å². The lowest BCUT2D eigenvalue weighted by atomic mass is 9.90. The molecule has 1 spiro atoms. The molecule has 3 saturated heterocycles. The third-order valence-electron chi connectivity index (χ3n) is 5.95. The molecule has 0 radical (unpaired) electrons. The number of hydrogen-bond donors (Lipinski definition) is 0. The van der Waals surface area contributed by atoms with Gasteiger partial charge in [-0.1, -0.05) is 13.8 Å². The molecule has 0 aliphatic carbocycles. The minimum absolute atomic E-state index is 0.0181. The molecule has 1 unspecified atom stereocenters. The van der Waals surface area contributed by atoms with Gasteiger partial charge in [-0.05, 0) is 32.4 Å². The largest absolute Gasteiger partial charge is 0.441 e. The minimum Gasteiger partial charge on any atom is -0.441 e. The molecule has 0 aromatic rings. The van der Waals surface area contributed by atoms with E-state index in [-0.39, 0.29) is 17.9 Å². The highest BCUT2D eigenvalue weighted by atomic mass is 16.6. The van der Waals surface area contributed by atoms with Gasteiger partial charge in [-0.2, -0.15) is 0 Å². The van der Waals surface area contributed by atoms with Gasteiger partial charge in [-0.3, -0.25) is 4.79 Å². The van der Waals surface area contributed by atoms with Crippen molar-refractivity contribution < 1.29 is 19.1 Å². The van der Waals surface area contributed by atoms with Gasteiger partial charge in [0.1, 0.15) is 5.60 Å². The van der Waals surface area contributed by atoms with Gasteiger partial charge in [-0.25, -0.2) is 4.79 Å². The van der Waals surface area contributed by atoms with E-state index in [2.05, 4.69) is 25.8 Å². The van der Waals surface area contributed by atoms with Gasteiger partial charge in [0.15, 0.2) is 0 Å². The number of carbonyl (C=O) groups is 2. The van der Waals surface area contributed by atoms with Gasteiger partial charge in [-0.15, -0.1) is 0 Å². The number of piperidine rings is 1. The third kappa shape index (κ3) is 5.13. The zero-order chi connectivity index (χ0) is 19.4. The molecule has 154 valence electrons. The summed E-state index contributed by atoms with van der Waals surface area (Å²) in [5, 5.41) is 0. The summed E-state index contributed by atoms with van der Waals surface area (Å²) in [6.07, 6.45) is 3.07. The molecular weight excluding hydrogens is 346 g/mol. The third-order valence-corrected chi connectivity index (χ3v) is 5.95. The van der Waals surface area contributed by atoms with E-state index < -0.39 is 5.60 Å². The van der Waals surface area contributed by atoms with Gasteiger partial charge in [0.05, 0.1) is 19.1 Å². The molecule has 2 amide bonds. The van der Waals surface area contributed by atoms with Crippen LogP contribution in [0.25, 0.3) is 0 Å². The van der Waals surface area contributed by atoms with Crippen LogP contribution in [0.15, 0.2) is 0 Å². The monoisotopic (exact) mass is 381 g/mol. The van der Waals surface area contributed by atoms with E-state index >= 15 is 0 Å². The Morgan fingerprint density at radius 2 is 2.07 bits per heavy atom. The molecule has 3 heterocycles. The van der Waals surface area contributed by atoms with Crippen LogP contribution in [-0.2, 0) is 14.3 Å². The van der Waals surface area contributed by atoms with E-state index in [1.165, 1.54) is 0 Å². The van der Waals surface area contributed by atoms with Gasteiger partial charge in [0.2, 0.25) is 5.91 Å². The van der Waals surface area contributed by atoms with Crippen LogP contribution in [-0.4, -0.2) is 91.8 Å². The highest BCUT2D eigenvalue weighted by molar-refractivity contribution is 5.79. The summed E-state index contributed by atoms with van der Waals surface area (Å²) in [5.41, 5.74) is -0.399. The second kappa shape index (κ2) is 8.78. The van der Waals surface area contributed by atoms with Crippen molar-refractivity contribution in [3.8, 4) is 0 Å². The van der Waals surface area contributed by atoms with E-state index in [9.17, 15) is 9.59 Å². The first-order valence-electron chi connectivity index (χ1n) is 10.4. The molecule has 3 aliphatic heterocycles. The van der Waals surface area contributed by atoms with E-state index in [0.29, 0.717) is 38.8 Å². The standard InChI is InChI=1S/C20H35N3O4/c1-16(2)13-21(3)8-4-9-23-15-20(27-19(23)25)6-10-22(11-7-20)18(24)17-5-12-26-14-17/h16-17H,4-15H2,1-3H3. The van der Waals surface area contributed by atoms with Crippen molar-refractivity contribution >= 4 is 12.0 Å². The number of likely N-dealkylation sites (tertiary alicyclic amines) is 1. The zero-order valence-corrected chi connectivity index (χ0v) is 17.1. The van der Waals surface area contributed by atoms with Crippen LogP contribution in [0.5, 0.6) is 0 Å². The van der Waals surface area contributed by atoms with Crippen molar-refractivity contribution in [1.82, 2.24) is 14.7 Å². The number of rotatable bonds is 7. The maximum atomic E-state index is 12.5. The molecule has 3 aliphatic rings. The Balaban J connectivity index is 1.42. The van der Waals surface area contributed by atoms with E-state index in [0.717, 1.165) is 45.3 Å². The normalized spacial score (nSPS) is 25.1. The lowest BCUT2D eigenvalue weighted by Gasteiger charge is -2.38. The fraction of sp³-hybridized carbons (Fsp3) is 0.900. The number of carbonyl (C=O) groups excluding carboxylic acids is 2. The molecule has 3 rings (SSSR count). The molecule has 1 atom stereocenters. The number of ether oxygens (including phenoxy) is 2. The van der Waals surface area contributed by atoms with Gasteiger partial charge < -0.3 is 24.2 Å². The van der Waals surface area contributed by atoms with E-state index in [4.69, 9.17) is 9.47 Å². The van der Waals surface area contributed by atoms with Gasteiger partial charge >= 0.3 is 6.09 Å². The summed E-state index contributed by atoms with van der Waals surface area (Å²) in [5.74, 6) is 0.875. The molecule has 3 fully saturated rings. The molecule has 0 aromatic carbocycles. The topological polar surface area (TPSA) is 62.3 Å². The Bertz CT molecular complexity index is 525. The lowest BCUT2D eigenvalue weighted by molar-refractivity contribution is -0.138. The summed E-state index contributed by atoms with van der Waals surface area (Å²) < 4.78 is 11.1. The molecule has 0 bridgehead atoms. The molecule has 7 nitrogen and oxygen atoms in total. The second-order valence-corrected chi connectivity index (χ2v) is 8.87. The average Bonchev–Trinajstić information content (AvgIpc) is 3.24. The summed E-state index contributed by atoms with van der Waals surface area (Å²) in [7, 11) is 2.13. The first-order chi connectivity index (χ1) is 12.9. The number of amides is 2. The summed E-state index contributed by atoms with van der Waals surface area (Å²) in [6, 6.07) is 0. The SMILES string of the molecule is CC(C)CN(C)CCCN1CC2(CCN(C(=O)C3CCOC3)CC2)OC1=O. The molecule has 27 heavy (non-hydrogen) atoms. The zero-order valence-electron chi connectivity index (χ0n) is 17.1. The molecule has 0 aromatic heterocycles. The lowest BCUT2D eigenvalue weighted by Crippen LogP contribution is -2.50. The fourth-order valence-electron chi connectivity index (χ4n) is 4.49. The van der Waals surface area contributed by atoms with Crippen LogP contribution in [0, 0.1) is 11.8 Å². The van der Waals surface area contributed by atoms with Crippen LogP contribution >= 0.6 is 0 Å². The average molecular weight is 382 g/mol. The maximum Gasteiger partial charge on any atom is 0.410 e. The quantitative estimate of drug-likeness (QED) is 0.673. The van der Waals surface area contributed by atoms with Crippen molar-refractivity contribution in [2.45, 2.75) is 45.1 Å². The Hall–Kier alpha value is -1.34. The highest BCUT2D eigenvalue weighted by Crippen LogP contribution is 2.34. The smallest absolute Gasteiger partial charge is 0.410 e. The first kappa shape index (κ1) is 20.4. The van der Waals surface area contributed by atoms with Gasteiger partial charge in [0.25, 0.3) is 0 Å². The van der Waals surface area contributed by atoms with Crippen molar-refractivity contribution in [3.63, 3.8) is 0 Å². The van der Waals surface area contributed by atoms with Crippen LogP contribution in [0.4, 0.5) is 4.79 Å². The van der Waals surface area contributed by atoms with Crippen LogP contribution in [0.2, 0.25) is 0 Å². The van der Waals surface area contributed by atoms with Crippen LogP contribution in [0.3, 0.4) is 0 Å². The summed E-state index contributed by atoms with van der Waals surface area (Å²) in [4.78, 5) is 31.0. The molecular formula is C20H35N3O4. The van der Waals surface area contributed by atoms with Crippen molar-refractivity contribution in [3.05, 3.63) is 0 Å². The van der Waals surface area contributed by atoms with E-state index in [1.54, 1.807) is 0 Å². The molecule has 0 N–H and O–H groups in total. The first-order valence-corrected chi connectivity index (χ1v) is 10.4. The van der Waals surface area contributed by atoms with Gasteiger partial charge in [0, 0.05) is 45.6 Å². The van der Waals surface area contributed by atoms with Crippen LogP contribution < -0.4 is 0 Å². The van der Waals surface area contributed by atoms with Crippen molar-refractivity contribution in [2.75, 3.05) is 59.5 Å². The van der Waals surface area contributed by atoms with Crippen molar-refractivity contribution in [2.24, 2.45) is 11.8 Å². The Morgan fingerprint density at radius 3 is 2.70 bits per heavy atom. The summed E-state index contributed by atoms with van der Waals surface area (Å²) in [6.45, 7) is 10.5. The number of nitrogens with zero attached hydrogens (tertiary/aromatic N) is 3. The molecule has 0 saturated carbocycles. The van der Waals surface area contributed by atoms with Crippen molar-refractivity contribution in [1.29, 1.82) is 0 Å². The molecule has 7 heteroatoms. The number of hydrogen-bond acceptors (Lipinski definition) is 5. The Morgan fingerprint density at radius 1 is 1.33 bits per heavy atom. The minimum atomic E-state index is -0.399. The predicted molar refractivity (Wildman–Crippen MR) is 102 cm³/mol. The fourth-order valence-corrected chi connectivity index (χ4v) is 4.49. The second-order valence-electron chi connectivity index (χ2n) is 8.87. The Kier molecular flexibility index (Phi) is 6.63. The predicted octanol–water partition coefficient (Wildman–Crippen LogP) is 1.81.